The molecule has 1 heterocycles. The van der Waals surface area contributed by atoms with Gasteiger partial charge in [-0.3, -0.25) is 0 Å². The Bertz CT molecular complexity index is 810. The first-order valence-electron chi connectivity index (χ1n) is 6.36. The topological polar surface area (TPSA) is 62.3 Å². The van der Waals surface area contributed by atoms with Crippen LogP contribution in [-0.4, -0.2) is 16.1 Å². The Kier molecular flexibility index (Phi) is 3.31. The highest BCUT2D eigenvalue weighted by Gasteiger charge is 2.14. The van der Waals surface area contributed by atoms with Gasteiger partial charge in [0.25, 0.3) is 0 Å². The van der Waals surface area contributed by atoms with Crippen LogP contribution >= 0.6 is 0 Å². The van der Waals surface area contributed by atoms with Gasteiger partial charge in [0.05, 0.1) is 5.56 Å². The molecule has 0 atom stereocenters. The smallest absolute Gasteiger partial charge is 0.336 e. The van der Waals surface area contributed by atoms with Crippen molar-refractivity contribution < 1.29 is 19.0 Å². The first kappa shape index (κ1) is 13.2. The van der Waals surface area contributed by atoms with Gasteiger partial charge in [-0.2, -0.15) is 0 Å². The molecule has 0 unspecified atom stereocenters. The fraction of sp³-hybridized carbons (Fsp3) is 0.0625. The number of ether oxygens (including phenoxy) is 1. The Balaban J connectivity index is 1.95. The maximum Gasteiger partial charge on any atom is 0.336 e. The van der Waals surface area contributed by atoms with Gasteiger partial charge in [0, 0.05) is 22.7 Å². The maximum atomic E-state index is 13.5. The molecular weight excluding hydrogens is 273 g/mol. The minimum atomic E-state index is -1.01. The molecule has 0 saturated heterocycles. The van der Waals surface area contributed by atoms with Crippen molar-refractivity contribution in [1.82, 2.24) is 4.98 Å². The predicted octanol–water partition coefficient (Wildman–Crippen LogP) is 3.58. The van der Waals surface area contributed by atoms with Gasteiger partial charge in [-0.25, -0.2) is 9.18 Å². The number of carboxylic acid groups (broad SMARTS) is 1. The number of rotatable bonds is 4. The SMILES string of the molecule is O=C(O)c1cccc2[nH]cc(COc3ccccc3F)c12. The highest BCUT2D eigenvalue weighted by Crippen LogP contribution is 2.25. The highest BCUT2D eigenvalue weighted by atomic mass is 19.1. The molecule has 3 aromatic rings. The molecule has 0 spiro atoms. The number of aromatic amines is 1. The van der Waals surface area contributed by atoms with E-state index < -0.39 is 11.8 Å². The van der Waals surface area contributed by atoms with E-state index in [9.17, 15) is 14.3 Å². The van der Waals surface area contributed by atoms with Crippen LogP contribution < -0.4 is 4.74 Å². The van der Waals surface area contributed by atoms with Gasteiger partial charge < -0.3 is 14.8 Å². The summed E-state index contributed by atoms with van der Waals surface area (Å²) >= 11 is 0. The first-order valence-corrected chi connectivity index (χ1v) is 6.36. The molecule has 21 heavy (non-hydrogen) atoms. The summed E-state index contributed by atoms with van der Waals surface area (Å²) in [5, 5.41) is 9.82. The number of hydrogen-bond donors (Lipinski definition) is 2. The summed E-state index contributed by atoms with van der Waals surface area (Å²) in [5.41, 5.74) is 1.58. The van der Waals surface area contributed by atoms with Crippen LogP contribution in [0.3, 0.4) is 0 Å². The lowest BCUT2D eigenvalue weighted by molar-refractivity contribution is 0.0699. The van der Waals surface area contributed by atoms with Gasteiger partial charge in [-0.15, -0.1) is 0 Å². The number of para-hydroxylation sites is 1. The second-order valence-corrected chi connectivity index (χ2v) is 4.57. The highest BCUT2D eigenvalue weighted by molar-refractivity contribution is 6.04. The number of nitrogens with one attached hydrogen (secondary N) is 1. The third-order valence-electron chi connectivity index (χ3n) is 3.24. The van der Waals surface area contributed by atoms with E-state index in [1.165, 1.54) is 18.2 Å². The Labute approximate surface area is 119 Å². The Morgan fingerprint density at radius 2 is 2.00 bits per heavy atom. The molecule has 2 N–H and O–H groups in total. The summed E-state index contributed by atoms with van der Waals surface area (Å²) in [5.74, 6) is -1.32. The zero-order valence-corrected chi connectivity index (χ0v) is 11.0. The van der Waals surface area contributed by atoms with Gasteiger partial charge in [0.15, 0.2) is 11.6 Å². The van der Waals surface area contributed by atoms with Gasteiger partial charge in [0.1, 0.15) is 6.61 Å². The molecule has 0 saturated carbocycles. The third kappa shape index (κ3) is 2.45. The number of halogens is 1. The van der Waals surface area contributed by atoms with Gasteiger partial charge >= 0.3 is 5.97 Å². The minimum Gasteiger partial charge on any atom is -0.486 e. The van der Waals surface area contributed by atoms with Crippen LogP contribution in [0.2, 0.25) is 0 Å². The van der Waals surface area contributed by atoms with Crippen LogP contribution in [0, 0.1) is 5.82 Å². The molecule has 0 radical (unpaired) electrons. The van der Waals surface area contributed by atoms with Crippen molar-refractivity contribution in [2.75, 3.05) is 0 Å². The van der Waals surface area contributed by atoms with Crippen molar-refractivity contribution in [1.29, 1.82) is 0 Å². The molecule has 3 rings (SSSR count). The van der Waals surface area contributed by atoms with E-state index >= 15 is 0 Å². The second-order valence-electron chi connectivity index (χ2n) is 4.57. The van der Waals surface area contributed by atoms with E-state index in [4.69, 9.17) is 4.74 Å². The number of carboxylic acids is 1. The van der Waals surface area contributed by atoms with Crippen molar-refractivity contribution >= 4 is 16.9 Å². The maximum absolute atomic E-state index is 13.5. The molecular formula is C16H12FNO3. The Morgan fingerprint density at radius 1 is 1.19 bits per heavy atom. The van der Waals surface area contributed by atoms with E-state index in [2.05, 4.69) is 4.98 Å². The summed E-state index contributed by atoms with van der Waals surface area (Å²) in [6.45, 7) is 0.0885. The lowest BCUT2D eigenvalue weighted by atomic mass is 10.1. The van der Waals surface area contributed by atoms with Gasteiger partial charge in [-0.05, 0) is 24.3 Å². The standard InChI is InChI=1S/C16H12FNO3/c17-12-5-1-2-7-14(12)21-9-10-8-18-13-6-3-4-11(15(10)13)16(19)20/h1-8,18H,9H2,(H,19,20). The normalized spacial score (nSPS) is 10.7. The molecule has 0 aliphatic heterocycles. The average Bonchev–Trinajstić information content (AvgIpc) is 2.89. The van der Waals surface area contributed by atoms with Crippen molar-refractivity contribution in [2.24, 2.45) is 0 Å². The van der Waals surface area contributed by atoms with Crippen LogP contribution in [0.1, 0.15) is 15.9 Å². The first-order chi connectivity index (χ1) is 10.2. The lowest BCUT2D eigenvalue weighted by Gasteiger charge is -2.07. The lowest BCUT2D eigenvalue weighted by Crippen LogP contribution is -2.01. The van der Waals surface area contributed by atoms with Crippen LogP contribution in [0.15, 0.2) is 48.7 Å². The fourth-order valence-electron chi connectivity index (χ4n) is 2.26. The summed E-state index contributed by atoms with van der Waals surface area (Å²) in [6.07, 6.45) is 1.68. The number of fused-ring (bicyclic) bond motifs is 1. The fourth-order valence-corrected chi connectivity index (χ4v) is 2.26. The zero-order valence-electron chi connectivity index (χ0n) is 11.0. The largest absolute Gasteiger partial charge is 0.486 e. The van der Waals surface area contributed by atoms with E-state index in [0.29, 0.717) is 16.5 Å². The van der Waals surface area contributed by atoms with Gasteiger partial charge in [-0.1, -0.05) is 18.2 Å². The number of benzene rings is 2. The van der Waals surface area contributed by atoms with E-state index in [1.54, 1.807) is 30.5 Å². The number of carbonyl (C=O) groups is 1. The monoisotopic (exact) mass is 285 g/mol. The molecule has 0 aliphatic carbocycles. The second kappa shape index (κ2) is 5.28. The Morgan fingerprint density at radius 3 is 2.76 bits per heavy atom. The predicted molar refractivity (Wildman–Crippen MR) is 76.0 cm³/mol. The summed E-state index contributed by atoms with van der Waals surface area (Å²) in [4.78, 5) is 14.3. The van der Waals surface area contributed by atoms with Crippen LogP contribution in [-0.2, 0) is 6.61 Å². The number of hydrogen-bond acceptors (Lipinski definition) is 2. The van der Waals surface area contributed by atoms with Crippen LogP contribution in [0.4, 0.5) is 4.39 Å². The van der Waals surface area contributed by atoms with Gasteiger partial charge in [0.2, 0.25) is 0 Å². The van der Waals surface area contributed by atoms with Crippen molar-refractivity contribution in [2.45, 2.75) is 6.61 Å². The molecule has 0 fully saturated rings. The van der Waals surface area contributed by atoms with E-state index in [1.807, 2.05) is 0 Å². The third-order valence-corrected chi connectivity index (χ3v) is 3.24. The quantitative estimate of drug-likeness (QED) is 0.770. The molecule has 2 aromatic carbocycles. The molecule has 4 nitrogen and oxygen atoms in total. The van der Waals surface area contributed by atoms with E-state index in [-0.39, 0.29) is 17.9 Å². The molecule has 0 bridgehead atoms. The van der Waals surface area contributed by atoms with Crippen LogP contribution in [0.25, 0.3) is 10.9 Å². The summed E-state index contributed by atoms with van der Waals surface area (Å²) in [7, 11) is 0. The zero-order chi connectivity index (χ0) is 14.8. The number of aromatic nitrogens is 1. The van der Waals surface area contributed by atoms with Crippen molar-refractivity contribution in [3.8, 4) is 5.75 Å². The Hall–Kier alpha value is -2.82. The average molecular weight is 285 g/mol. The molecule has 0 amide bonds. The van der Waals surface area contributed by atoms with Crippen molar-refractivity contribution in [3.63, 3.8) is 0 Å². The molecule has 106 valence electrons. The molecule has 1 aromatic heterocycles. The summed E-state index contributed by atoms with van der Waals surface area (Å²) in [6, 6.07) is 11.1. The molecule has 5 heteroatoms. The molecule has 0 aliphatic rings. The van der Waals surface area contributed by atoms with Crippen LogP contribution in [0.5, 0.6) is 5.75 Å². The summed E-state index contributed by atoms with van der Waals surface area (Å²) < 4.78 is 18.9. The number of H-pyrrole nitrogens is 1. The number of aromatic carboxylic acids is 1. The van der Waals surface area contributed by atoms with Crippen molar-refractivity contribution in [3.05, 3.63) is 65.6 Å². The van der Waals surface area contributed by atoms with E-state index in [0.717, 1.165) is 0 Å². The minimum absolute atomic E-state index is 0.0885.